The molecule has 1 rings (SSSR count). The summed E-state index contributed by atoms with van der Waals surface area (Å²) in [7, 11) is 1.60. The first-order chi connectivity index (χ1) is 6.90. The molecule has 1 aromatic carbocycles. The van der Waals surface area contributed by atoms with E-state index in [1.54, 1.807) is 19.2 Å². The van der Waals surface area contributed by atoms with Gasteiger partial charge in [-0.1, -0.05) is 32.4 Å². The lowest BCUT2D eigenvalue weighted by Gasteiger charge is -2.22. The van der Waals surface area contributed by atoms with Crippen LogP contribution in [-0.2, 0) is 5.41 Å². The molecule has 0 amide bonds. The van der Waals surface area contributed by atoms with Crippen LogP contribution in [0.5, 0.6) is 5.75 Å². The van der Waals surface area contributed by atoms with Gasteiger partial charge in [-0.3, -0.25) is 4.79 Å². The van der Waals surface area contributed by atoms with Gasteiger partial charge in [0.15, 0.2) is 6.29 Å². The predicted octanol–water partition coefficient (Wildman–Crippen LogP) is 3.46. The van der Waals surface area contributed by atoms with E-state index < -0.39 is 0 Å². The maximum atomic E-state index is 10.8. The third-order valence-electron chi connectivity index (χ3n) is 2.25. The number of methoxy groups -OCH3 is 1. The summed E-state index contributed by atoms with van der Waals surface area (Å²) in [4.78, 5) is 10.8. The fourth-order valence-corrected chi connectivity index (χ4v) is 1.62. The molecular formula is C12H15ClO2. The van der Waals surface area contributed by atoms with E-state index in [0.29, 0.717) is 10.6 Å². The number of halogens is 1. The molecule has 0 fully saturated rings. The maximum absolute atomic E-state index is 10.8. The van der Waals surface area contributed by atoms with E-state index in [-0.39, 0.29) is 5.41 Å². The van der Waals surface area contributed by atoms with Gasteiger partial charge in [0.05, 0.1) is 12.1 Å². The second kappa shape index (κ2) is 4.23. The number of carbonyl (C=O) groups excluding carboxylic acids is 1. The van der Waals surface area contributed by atoms with E-state index in [1.165, 1.54) is 0 Å². The van der Waals surface area contributed by atoms with Crippen molar-refractivity contribution in [3.8, 4) is 5.75 Å². The van der Waals surface area contributed by atoms with E-state index in [2.05, 4.69) is 20.8 Å². The Balaban J connectivity index is 3.42. The van der Waals surface area contributed by atoms with Gasteiger partial charge in [0.1, 0.15) is 5.75 Å². The zero-order valence-electron chi connectivity index (χ0n) is 9.43. The number of hydrogen-bond donors (Lipinski definition) is 0. The van der Waals surface area contributed by atoms with Crippen LogP contribution in [0.2, 0.25) is 5.02 Å². The van der Waals surface area contributed by atoms with Gasteiger partial charge < -0.3 is 4.74 Å². The van der Waals surface area contributed by atoms with Crippen molar-refractivity contribution in [2.24, 2.45) is 0 Å². The molecule has 0 saturated carbocycles. The zero-order chi connectivity index (χ0) is 11.6. The van der Waals surface area contributed by atoms with Gasteiger partial charge in [0.25, 0.3) is 0 Å². The van der Waals surface area contributed by atoms with Gasteiger partial charge in [-0.2, -0.15) is 0 Å². The molecule has 0 radical (unpaired) electrons. The fraction of sp³-hybridized carbons (Fsp3) is 0.417. The van der Waals surface area contributed by atoms with Crippen LogP contribution < -0.4 is 4.74 Å². The smallest absolute Gasteiger partial charge is 0.151 e. The molecule has 15 heavy (non-hydrogen) atoms. The van der Waals surface area contributed by atoms with E-state index >= 15 is 0 Å². The largest absolute Gasteiger partial charge is 0.496 e. The first-order valence-electron chi connectivity index (χ1n) is 4.73. The van der Waals surface area contributed by atoms with Gasteiger partial charge in [-0.15, -0.1) is 0 Å². The average molecular weight is 227 g/mol. The van der Waals surface area contributed by atoms with Gasteiger partial charge in [-0.05, 0) is 17.5 Å². The van der Waals surface area contributed by atoms with Crippen molar-refractivity contribution in [1.29, 1.82) is 0 Å². The molecule has 0 aromatic heterocycles. The Morgan fingerprint density at radius 3 is 2.33 bits per heavy atom. The normalized spacial score (nSPS) is 11.3. The van der Waals surface area contributed by atoms with E-state index in [1.807, 2.05) is 0 Å². The van der Waals surface area contributed by atoms with Crippen molar-refractivity contribution in [2.45, 2.75) is 26.2 Å². The highest BCUT2D eigenvalue weighted by Gasteiger charge is 2.20. The topological polar surface area (TPSA) is 26.3 Å². The molecule has 0 aliphatic carbocycles. The molecule has 0 spiro atoms. The van der Waals surface area contributed by atoms with Gasteiger partial charge in [-0.25, -0.2) is 0 Å². The Bertz CT molecular complexity index is 378. The molecule has 3 heteroatoms. The van der Waals surface area contributed by atoms with Crippen molar-refractivity contribution in [1.82, 2.24) is 0 Å². The first kappa shape index (κ1) is 12.1. The van der Waals surface area contributed by atoms with Crippen molar-refractivity contribution in [3.05, 3.63) is 28.3 Å². The van der Waals surface area contributed by atoms with Crippen LogP contribution in [0.25, 0.3) is 0 Å². The number of aldehydes is 1. The zero-order valence-corrected chi connectivity index (χ0v) is 10.2. The highest BCUT2D eigenvalue weighted by molar-refractivity contribution is 6.33. The minimum atomic E-state index is -0.0757. The highest BCUT2D eigenvalue weighted by Crippen LogP contribution is 2.34. The van der Waals surface area contributed by atoms with Crippen LogP contribution in [0.4, 0.5) is 0 Å². The summed E-state index contributed by atoms with van der Waals surface area (Å²) in [6.07, 6.45) is 0.761. The van der Waals surface area contributed by atoms with E-state index in [4.69, 9.17) is 16.3 Å². The molecule has 1 aromatic rings. The van der Waals surface area contributed by atoms with E-state index in [9.17, 15) is 4.79 Å². The van der Waals surface area contributed by atoms with Crippen LogP contribution in [0.15, 0.2) is 12.1 Å². The summed E-state index contributed by atoms with van der Waals surface area (Å²) in [5.41, 5.74) is 1.41. The van der Waals surface area contributed by atoms with Crippen LogP contribution in [0.3, 0.4) is 0 Å². The molecular weight excluding hydrogens is 212 g/mol. The lowest BCUT2D eigenvalue weighted by Crippen LogP contribution is -2.13. The van der Waals surface area contributed by atoms with Crippen molar-refractivity contribution in [2.75, 3.05) is 7.11 Å². The minimum absolute atomic E-state index is 0.0757. The summed E-state index contributed by atoms with van der Waals surface area (Å²) in [5.74, 6) is 0.720. The fourth-order valence-electron chi connectivity index (χ4n) is 1.42. The molecule has 0 aliphatic heterocycles. The second-order valence-electron chi connectivity index (χ2n) is 4.44. The number of ether oxygens (including phenoxy) is 1. The summed E-state index contributed by atoms with van der Waals surface area (Å²) in [6, 6.07) is 3.47. The quantitative estimate of drug-likeness (QED) is 0.722. The molecule has 0 N–H and O–H groups in total. The molecule has 0 atom stereocenters. The summed E-state index contributed by atoms with van der Waals surface area (Å²) in [6.45, 7) is 6.19. The second-order valence-corrected chi connectivity index (χ2v) is 4.85. The molecule has 0 bridgehead atoms. The Labute approximate surface area is 95.2 Å². The summed E-state index contributed by atoms with van der Waals surface area (Å²) in [5, 5.41) is 0.426. The monoisotopic (exact) mass is 226 g/mol. The van der Waals surface area contributed by atoms with Crippen molar-refractivity contribution >= 4 is 17.9 Å². The standard InChI is InChI=1S/C12H15ClO2/c1-12(2,3)9-5-8(7-14)10(13)6-11(9)15-4/h5-7H,1-4H3. The Kier molecular flexibility index (Phi) is 3.40. The molecule has 0 heterocycles. The Morgan fingerprint density at radius 1 is 1.33 bits per heavy atom. The van der Waals surface area contributed by atoms with Gasteiger partial charge >= 0.3 is 0 Å². The molecule has 82 valence electrons. The van der Waals surface area contributed by atoms with Gasteiger partial charge in [0, 0.05) is 11.1 Å². The summed E-state index contributed by atoms with van der Waals surface area (Å²) >= 11 is 5.92. The van der Waals surface area contributed by atoms with E-state index in [0.717, 1.165) is 17.6 Å². The molecule has 0 aliphatic rings. The number of hydrogen-bond acceptors (Lipinski definition) is 2. The third kappa shape index (κ3) is 2.51. The molecule has 2 nitrogen and oxygen atoms in total. The van der Waals surface area contributed by atoms with Crippen LogP contribution in [-0.4, -0.2) is 13.4 Å². The van der Waals surface area contributed by atoms with Crippen molar-refractivity contribution < 1.29 is 9.53 Å². The van der Waals surface area contributed by atoms with Crippen molar-refractivity contribution in [3.63, 3.8) is 0 Å². The average Bonchev–Trinajstić information content (AvgIpc) is 2.15. The number of benzene rings is 1. The van der Waals surface area contributed by atoms with Gasteiger partial charge in [0.2, 0.25) is 0 Å². The maximum Gasteiger partial charge on any atom is 0.151 e. The Morgan fingerprint density at radius 2 is 1.93 bits per heavy atom. The minimum Gasteiger partial charge on any atom is -0.496 e. The summed E-state index contributed by atoms with van der Waals surface area (Å²) < 4.78 is 5.25. The molecule has 0 unspecified atom stereocenters. The third-order valence-corrected chi connectivity index (χ3v) is 2.58. The molecule has 0 saturated heterocycles. The lowest BCUT2D eigenvalue weighted by molar-refractivity contribution is 0.112. The predicted molar refractivity (Wildman–Crippen MR) is 62.1 cm³/mol. The lowest BCUT2D eigenvalue weighted by atomic mass is 9.85. The Hall–Kier alpha value is -1.02. The van der Waals surface area contributed by atoms with Crippen LogP contribution in [0, 0.1) is 0 Å². The first-order valence-corrected chi connectivity index (χ1v) is 5.11. The highest BCUT2D eigenvalue weighted by atomic mass is 35.5. The number of rotatable bonds is 2. The van der Waals surface area contributed by atoms with Crippen LogP contribution >= 0.6 is 11.6 Å². The number of carbonyl (C=O) groups is 1. The SMILES string of the molecule is COc1cc(Cl)c(C=O)cc1C(C)(C)C. The van der Waals surface area contributed by atoms with Crippen LogP contribution in [0.1, 0.15) is 36.7 Å².